The van der Waals surface area contributed by atoms with Crippen LogP contribution < -0.4 is 0 Å². The second-order valence-electron chi connectivity index (χ2n) is 2.48. The van der Waals surface area contributed by atoms with Crippen LogP contribution in [0, 0.1) is 0 Å². The molecule has 0 aromatic heterocycles. The van der Waals surface area contributed by atoms with Gasteiger partial charge in [0.1, 0.15) is 0 Å². The molecule has 0 radical (unpaired) electrons. The van der Waals surface area contributed by atoms with Gasteiger partial charge >= 0.3 is 0 Å². The molecule has 1 aromatic rings. The van der Waals surface area contributed by atoms with Crippen LogP contribution in [0.1, 0.15) is 6.92 Å². The molecule has 0 saturated carbocycles. The Labute approximate surface area is 85.9 Å². The second kappa shape index (κ2) is 4.67. The third kappa shape index (κ3) is 3.15. The van der Waals surface area contributed by atoms with Gasteiger partial charge in [-0.05, 0) is 17.9 Å². The van der Waals surface area contributed by atoms with Crippen LogP contribution in [0.5, 0.6) is 0 Å². The molecule has 74 valence electrons. The molecule has 13 heavy (non-hydrogen) atoms. The van der Waals surface area contributed by atoms with E-state index in [-0.39, 0.29) is 0 Å². The largest absolute Gasteiger partial charge is 0.341 e. The molecule has 0 aliphatic heterocycles. The second-order valence-corrected chi connectivity index (χ2v) is 10.6. The van der Waals surface area contributed by atoms with Crippen molar-refractivity contribution < 1.29 is 9.79 Å². The van der Waals surface area contributed by atoms with E-state index >= 15 is 0 Å². The monoisotopic (exact) mass is 236 g/mol. The summed E-state index contributed by atoms with van der Waals surface area (Å²) < 4.78 is 0. The summed E-state index contributed by atoms with van der Waals surface area (Å²) in [4.78, 5) is 19.9. The van der Waals surface area contributed by atoms with Crippen LogP contribution in [0.2, 0.25) is 0 Å². The summed E-state index contributed by atoms with van der Waals surface area (Å²) in [6.45, 7) is 1.94. The van der Waals surface area contributed by atoms with Crippen LogP contribution in [0.15, 0.2) is 35.2 Å². The first-order valence-electron chi connectivity index (χ1n) is 3.89. The van der Waals surface area contributed by atoms with Crippen LogP contribution >= 0.6 is 17.9 Å². The maximum Gasteiger partial charge on any atom is 0.203 e. The van der Waals surface area contributed by atoms with E-state index in [2.05, 4.69) is 12.2 Å². The van der Waals surface area contributed by atoms with E-state index in [1.54, 1.807) is 0 Å². The predicted molar refractivity (Wildman–Crippen MR) is 63.0 cm³/mol. The van der Waals surface area contributed by atoms with Crippen LogP contribution in [-0.2, 0) is 10.1 Å². The summed E-state index contributed by atoms with van der Waals surface area (Å²) in [5.74, 6) is 0.717. The fourth-order valence-electron chi connectivity index (χ4n) is 1.06. The highest BCUT2D eigenvalue weighted by Gasteiger charge is 2.10. The molecule has 0 aliphatic rings. The lowest BCUT2D eigenvalue weighted by atomic mass is 10.4. The molecule has 0 heterocycles. The zero-order valence-electron chi connectivity index (χ0n) is 7.29. The number of rotatable bonds is 2. The minimum atomic E-state index is -3.03. The average Bonchev–Trinajstić information content (AvgIpc) is 2.05. The minimum Gasteiger partial charge on any atom is -0.341 e. The zero-order chi connectivity index (χ0) is 9.90. The van der Waals surface area contributed by atoms with Crippen molar-refractivity contribution in [3.8, 4) is 0 Å². The third-order valence-electron chi connectivity index (χ3n) is 1.58. The molecular weight excluding hydrogens is 223 g/mol. The maximum atomic E-state index is 9.47. The molecule has 2 nitrogen and oxygen atoms in total. The zero-order valence-corrected chi connectivity index (χ0v) is 9.90. The summed E-state index contributed by atoms with van der Waals surface area (Å²) in [5.41, 5.74) is -3.03. The standard InChI is InChI=1S/C8H13O2PS2/c1-2-13(11(9,10)12)8-6-4-3-5-7-8/h3-7,9-10,12H,2H2,1H3. The van der Waals surface area contributed by atoms with Crippen molar-refractivity contribution in [1.82, 2.24) is 0 Å². The Morgan fingerprint density at radius 2 is 1.85 bits per heavy atom. The lowest BCUT2D eigenvalue weighted by Gasteiger charge is -2.14. The lowest BCUT2D eigenvalue weighted by Crippen LogP contribution is -1.95. The highest BCUT2D eigenvalue weighted by Crippen LogP contribution is 2.49. The van der Waals surface area contributed by atoms with E-state index in [1.807, 2.05) is 37.3 Å². The molecule has 0 aliphatic carbocycles. The molecular formula is C8H13O2PS2. The number of benzene rings is 1. The number of thiol groups is 1. The molecule has 0 amide bonds. The lowest BCUT2D eigenvalue weighted by molar-refractivity contribution is 0.502. The van der Waals surface area contributed by atoms with Gasteiger partial charge in [0.2, 0.25) is 5.69 Å². The maximum absolute atomic E-state index is 9.47. The molecule has 2 N–H and O–H groups in total. The Hall–Kier alpha value is 0.270. The average molecular weight is 236 g/mol. The Kier molecular flexibility index (Phi) is 4.07. The van der Waals surface area contributed by atoms with Gasteiger partial charge in [-0.1, -0.05) is 37.4 Å². The fourth-order valence-corrected chi connectivity index (χ4v) is 6.63. The molecule has 0 saturated heterocycles. The first kappa shape index (κ1) is 11.3. The third-order valence-corrected chi connectivity index (χ3v) is 8.49. The van der Waals surface area contributed by atoms with E-state index in [4.69, 9.17) is 0 Å². The molecule has 0 bridgehead atoms. The van der Waals surface area contributed by atoms with E-state index < -0.39 is 15.8 Å². The molecule has 1 atom stereocenters. The topological polar surface area (TPSA) is 40.5 Å². The molecule has 0 fully saturated rings. The van der Waals surface area contributed by atoms with Gasteiger partial charge in [0, 0.05) is 4.90 Å². The van der Waals surface area contributed by atoms with Gasteiger partial charge in [-0.15, -0.1) is 10.1 Å². The Balaban J connectivity index is 3.22. The predicted octanol–water partition coefficient (Wildman–Crippen LogP) is 2.28. The first-order chi connectivity index (χ1) is 6.05. The summed E-state index contributed by atoms with van der Waals surface area (Å²) in [7, 11) is -0.526. The molecule has 5 heteroatoms. The van der Waals surface area contributed by atoms with Crippen LogP contribution in [-0.4, -0.2) is 15.5 Å². The van der Waals surface area contributed by atoms with Crippen molar-refractivity contribution in [2.45, 2.75) is 11.8 Å². The molecule has 0 spiro atoms. The Morgan fingerprint density at radius 1 is 1.31 bits per heavy atom. The van der Waals surface area contributed by atoms with E-state index in [9.17, 15) is 9.79 Å². The Bertz CT molecular complexity index is 323. The van der Waals surface area contributed by atoms with Crippen LogP contribution in [0.25, 0.3) is 0 Å². The normalized spacial score (nSPS) is 14.2. The van der Waals surface area contributed by atoms with Gasteiger partial charge in [0.25, 0.3) is 0 Å². The highest BCUT2D eigenvalue weighted by atomic mass is 32.9. The van der Waals surface area contributed by atoms with Crippen molar-refractivity contribution >= 4 is 28.0 Å². The molecule has 1 rings (SSSR count). The number of hydrogen-bond donors (Lipinski definition) is 3. The van der Waals surface area contributed by atoms with Gasteiger partial charge in [0.15, 0.2) is 0 Å². The van der Waals surface area contributed by atoms with Crippen molar-refractivity contribution in [3.63, 3.8) is 0 Å². The smallest absolute Gasteiger partial charge is 0.203 e. The number of hydrogen-bond acceptors (Lipinski definition) is 0. The molecule has 1 aromatic carbocycles. The fraction of sp³-hybridized carbons (Fsp3) is 0.250. The summed E-state index contributed by atoms with van der Waals surface area (Å²) in [6, 6.07) is 9.52. The van der Waals surface area contributed by atoms with Gasteiger partial charge in [-0.2, -0.15) is 0 Å². The van der Waals surface area contributed by atoms with Gasteiger partial charge in [-0.25, -0.2) is 0 Å². The Morgan fingerprint density at radius 3 is 2.23 bits per heavy atom. The SMILES string of the molecule is CCS(c1ccccc1)=P(O)(O)S. The van der Waals surface area contributed by atoms with Gasteiger partial charge < -0.3 is 9.79 Å². The van der Waals surface area contributed by atoms with Crippen molar-refractivity contribution in [3.05, 3.63) is 30.3 Å². The van der Waals surface area contributed by atoms with E-state index in [0.29, 0.717) is 5.75 Å². The van der Waals surface area contributed by atoms with Crippen molar-refractivity contribution in [1.29, 1.82) is 0 Å². The first-order valence-corrected chi connectivity index (χ1v) is 8.74. The summed E-state index contributed by atoms with van der Waals surface area (Å²) in [5, 5.41) is 0. The van der Waals surface area contributed by atoms with Gasteiger partial charge in [-0.3, -0.25) is 0 Å². The minimum absolute atomic E-state index is 0.526. The van der Waals surface area contributed by atoms with E-state index in [1.165, 1.54) is 0 Å². The van der Waals surface area contributed by atoms with Gasteiger partial charge in [0.05, 0.1) is 0 Å². The highest BCUT2D eigenvalue weighted by molar-refractivity contribution is 8.65. The van der Waals surface area contributed by atoms with Crippen LogP contribution in [0.4, 0.5) is 0 Å². The summed E-state index contributed by atoms with van der Waals surface area (Å²) in [6.07, 6.45) is 0. The van der Waals surface area contributed by atoms with E-state index in [0.717, 1.165) is 4.90 Å². The van der Waals surface area contributed by atoms with Crippen LogP contribution in [0.3, 0.4) is 0 Å². The quantitative estimate of drug-likeness (QED) is 0.544. The van der Waals surface area contributed by atoms with Crippen molar-refractivity contribution in [2.75, 3.05) is 5.75 Å². The van der Waals surface area contributed by atoms with Crippen molar-refractivity contribution in [2.24, 2.45) is 0 Å². The summed E-state index contributed by atoms with van der Waals surface area (Å²) >= 11 is 3.88. The molecule has 1 unspecified atom stereocenters.